The van der Waals surface area contributed by atoms with E-state index < -0.39 is 21.8 Å². The van der Waals surface area contributed by atoms with Crippen molar-refractivity contribution in [1.82, 2.24) is 0 Å². The lowest BCUT2D eigenvalue weighted by atomic mass is 10.1. The van der Waals surface area contributed by atoms with E-state index in [2.05, 4.69) is 0 Å². The van der Waals surface area contributed by atoms with Crippen molar-refractivity contribution in [1.29, 1.82) is 0 Å². The molecule has 0 aliphatic carbocycles. The number of anilines is 2. The summed E-state index contributed by atoms with van der Waals surface area (Å²) in [6, 6.07) is 10.0. The normalized spacial score (nSPS) is 12.4. The quantitative estimate of drug-likeness (QED) is 0.803. The monoisotopic (exact) mass is 372 g/mol. The molecule has 0 bridgehead atoms. The summed E-state index contributed by atoms with van der Waals surface area (Å²) in [5.74, 6) is -0.176. The van der Waals surface area contributed by atoms with Crippen molar-refractivity contribution in [3.8, 4) is 0 Å². The second-order valence-electron chi connectivity index (χ2n) is 6.01. The summed E-state index contributed by atoms with van der Waals surface area (Å²) >= 11 is 0. The van der Waals surface area contributed by atoms with Gasteiger partial charge in [-0.3, -0.25) is 4.31 Å². The molecule has 2 N–H and O–H groups in total. The van der Waals surface area contributed by atoms with Crippen LogP contribution in [0.4, 0.5) is 24.5 Å². The van der Waals surface area contributed by atoms with Crippen molar-refractivity contribution in [3.05, 3.63) is 54.1 Å². The summed E-state index contributed by atoms with van der Waals surface area (Å²) < 4.78 is 66.8. The Balaban J connectivity index is 2.64. The van der Waals surface area contributed by atoms with Gasteiger partial charge in [0, 0.05) is 12.2 Å². The zero-order chi connectivity index (χ0) is 18.8. The van der Waals surface area contributed by atoms with Gasteiger partial charge in [-0.05, 0) is 42.3 Å². The molecule has 0 fully saturated rings. The summed E-state index contributed by atoms with van der Waals surface area (Å²) in [5, 5.41) is 0. The first kappa shape index (κ1) is 19.1. The lowest BCUT2D eigenvalue weighted by molar-refractivity contribution is -0.137. The first-order valence-corrected chi connectivity index (χ1v) is 9.02. The fraction of sp³-hybridized carbons (Fsp3) is 0.294. The van der Waals surface area contributed by atoms with E-state index in [1.807, 2.05) is 0 Å². The predicted molar refractivity (Wildman–Crippen MR) is 91.7 cm³/mol. The van der Waals surface area contributed by atoms with Gasteiger partial charge in [0.2, 0.25) is 0 Å². The van der Waals surface area contributed by atoms with Crippen molar-refractivity contribution in [2.75, 3.05) is 16.6 Å². The molecule has 0 spiro atoms. The minimum Gasteiger partial charge on any atom is -0.399 e. The lowest BCUT2D eigenvalue weighted by Gasteiger charge is -2.28. The van der Waals surface area contributed by atoms with Crippen LogP contribution in [0.3, 0.4) is 0 Å². The highest BCUT2D eigenvalue weighted by Gasteiger charge is 2.37. The number of rotatable bonds is 5. The fourth-order valence-corrected chi connectivity index (χ4v) is 4.00. The molecule has 136 valence electrons. The smallest absolute Gasteiger partial charge is 0.399 e. The van der Waals surface area contributed by atoms with Gasteiger partial charge in [-0.15, -0.1) is 0 Å². The fourth-order valence-electron chi connectivity index (χ4n) is 2.36. The van der Waals surface area contributed by atoms with Gasteiger partial charge in [-0.2, -0.15) is 13.2 Å². The highest BCUT2D eigenvalue weighted by atomic mass is 32.2. The molecule has 2 rings (SSSR count). The maximum Gasteiger partial charge on any atom is 0.418 e. The van der Waals surface area contributed by atoms with Crippen molar-refractivity contribution in [3.63, 3.8) is 0 Å². The number of nitrogen functional groups attached to an aromatic ring is 1. The zero-order valence-electron chi connectivity index (χ0n) is 13.8. The summed E-state index contributed by atoms with van der Waals surface area (Å²) in [6.07, 6.45) is -4.66. The molecule has 0 heterocycles. The van der Waals surface area contributed by atoms with E-state index in [4.69, 9.17) is 5.73 Å². The third kappa shape index (κ3) is 4.25. The summed E-state index contributed by atoms with van der Waals surface area (Å²) in [6.45, 7) is 3.39. The second-order valence-corrected chi connectivity index (χ2v) is 7.88. The van der Waals surface area contributed by atoms with Crippen molar-refractivity contribution >= 4 is 21.4 Å². The Hall–Kier alpha value is -2.22. The summed E-state index contributed by atoms with van der Waals surface area (Å²) in [4.78, 5) is -0.112. The Morgan fingerprint density at radius 1 is 1.04 bits per heavy atom. The molecule has 0 atom stereocenters. The van der Waals surface area contributed by atoms with Gasteiger partial charge in [-0.25, -0.2) is 8.42 Å². The molecule has 0 unspecified atom stereocenters. The largest absolute Gasteiger partial charge is 0.418 e. The maximum absolute atomic E-state index is 13.4. The molecule has 4 nitrogen and oxygen atoms in total. The van der Waals surface area contributed by atoms with E-state index in [1.54, 1.807) is 13.8 Å². The number of alkyl halides is 3. The van der Waals surface area contributed by atoms with Crippen molar-refractivity contribution < 1.29 is 21.6 Å². The molecule has 0 aliphatic heterocycles. The minimum absolute atomic E-state index is 0.0835. The van der Waals surface area contributed by atoms with Gasteiger partial charge in [0.15, 0.2) is 0 Å². The molecule has 0 amide bonds. The van der Waals surface area contributed by atoms with Crippen LogP contribution in [0.1, 0.15) is 19.4 Å². The van der Waals surface area contributed by atoms with E-state index >= 15 is 0 Å². The third-order valence-electron chi connectivity index (χ3n) is 3.48. The Labute approximate surface area is 145 Å². The number of nitrogens with two attached hydrogens (primary N) is 1. The van der Waals surface area contributed by atoms with Crippen LogP contribution in [0.15, 0.2) is 53.4 Å². The Kier molecular flexibility index (Phi) is 5.31. The van der Waals surface area contributed by atoms with Crippen LogP contribution >= 0.6 is 0 Å². The van der Waals surface area contributed by atoms with E-state index in [9.17, 15) is 21.6 Å². The number of sulfonamides is 1. The third-order valence-corrected chi connectivity index (χ3v) is 5.27. The highest BCUT2D eigenvalue weighted by molar-refractivity contribution is 7.92. The van der Waals surface area contributed by atoms with E-state index in [1.165, 1.54) is 42.5 Å². The number of nitrogens with zero attached hydrogens (tertiary/aromatic N) is 1. The molecule has 0 saturated heterocycles. The van der Waals surface area contributed by atoms with Crippen LogP contribution in [0, 0.1) is 5.92 Å². The molecule has 0 radical (unpaired) electrons. The van der Waals surface area contributed by atoms with Gasteiger partial charge in [0.1, 0.15) is 0 Å². The zero-order valence-corrected chi connectivity index (χ0v) is 14.6. The maximum atomic E-state index is 13.4. The van der Waals surface area contributed by atoms with Crippen molar-refractivity contribution in [2.24, 2.45) is 5.92 Å². The van der Waals surface area contributed by atoms with Crippen LogP contribution < -0.4 is 10.0 Å². The molecule has 8 heteroatoms. The van der Waals surface area contributed by atoms with Gasteiger partial charge < -0.3 is 5.73 Å². The molecule has 0 aromatic heterocycles. The van der Waals surface area contributed by atoms with Gasteiger partial charge in [0.05, 0.1) is 16.1 Å². The van der Waals surface area contributed by atoms with E-state index in [0.717, 1.165) is 10.4 Å². The number of hydrogen-bond donors (Lipinski definition) is 1. The highest BCUT2D eigenvalue weighted by Crippen LogP contribution is 2.38. The Morgan fingerprint density at radius 3 is 2.12 bits per heavy atom. The van der Waals surface area contributed by atoms with Gasteiger partial charge in [-0.1, -0.05) is 26.0 Å². The van der Waals surface area contributed by atoms with Crippen LogP contribution in [0.25, 0.3) is 0 Å². The molecule has 2 aromatic rings. The second kappa shape index (κ2) is 6.95. The van der Waals surface area contributed by atoms with E-state index in [-0.39, 0.29) is 23.0 Å². The van der Waals surface area contributed by atoms with Gasteiger partial charge in [0.25, 0.3) is 10.0 Å². The van der Waals surface area contributed by atoms with Gasteiger partial charge >= 0.3 is 6.18 Å². The number of benzene rings is 2. The summed E-state index contributed by atoms with van der Waals surface area (Å²) in [5.41, 5.74) is 4.55. The van der Waals surface area contributed by atoms with Crippen LogP contribution in [-0.2, 0) is 16.2 Å². The summed E-state index contributed by atoms with van der Waals surface area (Å²) in [7, 11) is -4.17. The molecule has 2 aromatic carbocycles. The standard InChI is InChI=1S/C17H19F3N2O2S/c1-12(2)11-22(16-6-4-3-5-15(16)17(18,19)20)25(23,24)14-9-7-13(21)8-10-14/h3-10,12H,11,21H2,1-2H3. The average molecular weight is 372 g/mol. The first-order valence-electron chi connectivity index (χ1n) is 7.58. The molecular weight excluding hydrogens is 353 g/mol. The van der Waals surface area contributed by atoms with Crippen LogP contribution in [0.2, 0.25) is 0 Å². The van der Waals surface area contributed by atoms with E-state index in [0.29, 0.717) is 5.69 Å². The lowest BCUT2D eigenvalue weighted by Crippen LogP contribution is -2.35. The topological polar surface area (TPSA) is 63.4 Å². The molecule has 0 saturated carbocycles. The molecule has 25 heavy (non-hydrogen) atoms. The minimum atomic E-state index is -4.66. The van der Waals surface area contributed by atoms with Crippen LogP contribution in [0.5, 0.6) is 0 Å². The Bertz CT molecular complexity index is 832. The first-order chi connectivity index (χ1) is 11.5. The number of para-hydroxylation sites is 1. The van der Waals surface area contributed by atoms with Crippen molar-refractivity contribution in [2.45, 2.75) is 24.9 Å². The number of halogens is 3. The average Bonchev–Trinajstić information content (AvgIpc) is 2.52. The molecule has 0 aliphatic rings. The van der Waals surface area contributed by atoms with Crippen LogP contribution in [-0.4, -0.2) is 15.0 Å². The Morgan fingerprint density at radius 2 is 1.60 bits per heavy atom. The predicted octanol–water partition coefficient (Wildman–Crippen LogP) is 4.14. The SMILES string of the molecule is CC(C)CN(c1ccccc1C(F)(F)F)S(=O)(=O)c1ccc(N)cc1. The molecular formula is C17H19F3N2O2S. The number of hydrogen-bond acceptors (Lipinski definition) is 3.